The van der Waals surface area contributed by atoms with Gasteiger partial charge in [-0.15, -0.1) is 0 Å². The number of aromatic nitrogens is 1. The fraction of sp³-hybridized carbons (Fsp3) is 0.643. The summed E-state index contributed by atoms with van der Waals surface area (Å²) in [7, 11) is 1.58. The Bertz CT molecular complexity index is 616. The van der Waals surface area contributed by atoms with Crippen molar-refractivity contribution in [2.24, 2.45) is 0 Å². The van der Waals surface area contributed by atoms with Gasteiger partial charge in [-0.3, -0.25) is 4.79 Å². The van der Waals surface area contributed by atoms with Gasteiger partial charge in [0.15, 0.2) is 0 Å². The lowest BCUT2D eigenvalue weighted by atomic mass is 9.93. The maximum atomic E-state index is 12.4. The Balaban J connectivity index is 2.32. The number of nitrogens with zero attached hydrogens (tertiary/aromatic N) is 1. The van der Waals surface area contributed by atoms with Crippen LogP contribution in [0, 0.1) is 0 Å². The monoisotopic (exact) mass is 332 g/mol. The van der Waals surface area contributed by atoms with Crippen molar-refractivity contribution in [1.29, 1.82) is 0 Å². The Morgan fingerprint density at radius 3 is 2.48 bits per heavy atom. The molecule has 0 atom stereocenters. The molecule has 7 heteroatoms. The number of hydrogen-bond donors (Lipinski definition) is 1. The summed E-state index contributed by atoms with van der Waals surface area (Å²) in [5.41, 5.74) is 0.380. The van der Waals surface area contributed by atoms with E-state index < -0.39 is 9.05 Å². The van der Waals surface area contributed by atoms with Crippen LogP contribution >= 0.6 is 10.7 Å². The van der Waals surface area contributed by atoms with Gasteiger partial charge < -0.3 is 9.88 Å². The van der Waals surface area contributed by atoms with Crippen LogP contribution in [0.5, 0.6) is 0 Å². The topological polar surface area (TPSA) is 68.2 Å². The fourth-order valence-electron chi connectivity index (χ4n) is 2.49. The molecule has 1 fully saturated rings. The minimum absolute atomic E-state index is 0.00855. The minimum atomic E-state index is -3.82. The third-order valence-corrected chi connectivity index (χ3v) is 5.45. The molecule has 2 rings (SSSR count). The van der Waals surface area contributed by atoms with E-state index in [1.807, 2.05) is 13.8 Å². The molecule has 0 unspecified atom stereocenters. The summed E-state index contributed by atoms with van der Waals surface area (Å²) in [6.07, 6.45) is 6.18. The highest BCUT2D eigenvalue weighted by molar-refractivity contribution is 8.13. The van der Waals surface area contributed by atoms with E-state index in [2.05, 4.69) is 5.32 Å². The summed E-state index contributed by atoms with van der Waals surface area (Å²) in [5, 5.41) is 2.94. The average molecular weight is 333 g/mol. The van der Waals surface area contributed by atoms with Gasteiger partial charge >= 0.3 is 0 Å². The van der Waals surface area contributed by atoms with Gasteiger partial charge in [-0.2, -0.15) is 0 Å². The third-order valence-electron chi connectivity index (χ3n) is 4.13. The number of nitrogens with one attached hydrogen (secondary N) is 1. The number of carbonyl (C=O) groups excluding carboxylic acids is 1. The van der Waals surface area contributed by atoms with Crippen LogP contribution < -0.4 is 5.32 Å². The second-order valence-corrected chi connectivity index (χ2v) is 8.04. The Morgan fingerprint density at radius 1 is 1.43 bits per heavy atom. The van der Waals surface area contributed by atoms with E-state index in [4.69, 9.17) is 10.7 Å². The maximum Gasteiger partial charge on any atom is 0.268 e. The molecule has 1 aromatic rings. The van der Waals surface area contributed by atoms with Crippen LogP contribution in [0.3, 0.4) is 0 Å². The lowest BCUT2D eigenvalue weighted by Gasteiger charge is -2.29. The Labute approximate surface area is 130 Å². The van der Waals surface area contributed by atoms with Crippen molar-refractivity contribution in [2.75, 3.05) is 0 Å². The van der Waals surface area contributed by atoms with Crippen molar-refractivity contribution < 1.29 is 13.2 Å². The van der Waals surface area contributed by atoms with E-state index in [1.165, 1.54) is 12.3 Å². The van der Waals surface area contributed by atoms with Crippen molar-refractivity contribution in [3.05, 3.63) is 18.0 Å². The Hall–Kier alpha value is -1.01. The fourth-order valence-corrected chi connectivity index (χ4v) is 3.23. The Kier molecular flexibility index (Phi) is 4.99. The maximum absolute atomic E-state index is 12.4. The van der Waals surface area contributed by atoms with Crippen LogP contribution in [0.1, 0.15) is 62.5 Å². The molecule has 0 aliphatic heterocycles. The normalized spacial score (nSPS) is 16.0. The molecule has 1 aliphatic rings. The van der Waals surface area contributed by atoms with Gasteiger partial charge in [0.1, 0.15) is 10.6 Å². The van der Waals surface area contributed by atoms with E-state index in [0.29, 0.717) is 5.69 Å². The minimum Gasteiger partial charge on any atom is -0.348 e. The molecule has 1 aromatic heterocycles. The molecule has 1 heterocycles. The lowest BCUT2D eigenvalue weighted by Crippen LogP contribution is -2.35. The highest BCUT2D eigenvalue weighted by atomic mass is 35.7. The summed E-state index contributed by atoms with van der Waals surface area (Å²) in [6.45, 7) is 4.02. The van der Waals surface area contributed by atoms with Gasteiger partial charge in [-0.1, -0.05) is 13.8 Å². The van der Waals surface area contributed by atoms with Crippen molar-refractivity contribution in [3.8, 4) is 0 Å². The summed E-state index contributed by atoms with van der Waals surface area (Å²) in [5.74, 6) is -0.234. The number of amides is 1. The molecule has 0 radical (unpaired) electrons. The summed E-state index contributed by atoms with van der Waals surface area (Å²) >= 11 is 0. The van der Waals surface area contributed by atoms with E-state index >= 15 is 0 Å². The number of hydrogen-bond acceptors (Lipinski definition) is 3. The molecule has 1 amide bonds. The van der Waals surface area contributed by atoms with Crippen molar-refractivity contribution in [3.63, 3.8) is 0 Å². The standard InChI is InChI=1S/C14H21ClN2O3S/c1-3-10(4-2)16-14(18)13-8-12(21(15,19)20)9-17(13)11-6-5-7-11/h8-11H,3-7H2,1-2H3,(H,16,18). The molecule has 5 nitrogen and oxygen atoms in total. The first-order valence-corrected chi connectivity index (χ1v) is 9.65. The van der Waals surface area contributed by atoms with Crippen LogP contribution in [-0.4, -0.2) is 24.9 Å². The van der Waals surface area contributed by atoms with Crippen LogP contribution in [0.4, 0.5) is 0 Å². The van der Waals surface area contributed by atoms with Crippen LogP contribution in [0.25, 0.3) is 0 Å². The molecule has 0 bridgehead atoms. The molecule has 1 aliphatic carbocycles. The van der Waals surface area contributed by atoms with Gasteiger partial charge in [-0.25, -0.2) is 8.42 Å². The first-order chi connectivity index (χ1) is 9.86. The van der Waals surface area contributed by atoms with Crippen LogP contribution in [0.2, 0.25) is 0 Å². The zero-order chi connectivity index (χ0) is 15.6. The molecule has 0 spiro atoms. The molecule has 0 aromatic carbocycles. The summed E-state index contributed by atoms with van der Waals surface area (Å²) in [4.78, 5) is 12.4. The summed E-state index contributed by atoms with van der Waals surface area (Å²) < 4.78 is 24.8. The predicted octanol–water partition coefficient (Wildman–Crippen LogP) is 3.06. The Morgan fingerprint density at radius 2 is 2.05 bits per heavy atom. The van der Waals surface area contributed by atoms with E-state index in [-0.39, 0.29) is 22.9 Å². The second-order valence-electron chi connectivity index (χ2n) is 5.48. The second kappa shape index (κ2) is 6.40. The first-order valence-electron chi connectivity index (χ1n) is 7.34. The number of carbonyl (C=O) groups is 1. The van der Waals surface area contributed by atoms with Crippen LogP contribution in [0.15, 0.2) is 17.2 Å². The smallest absolute Gasteiger partial charge is 0.268 e. The first kappa shape index (κ1) is 16.4. The molecule has 21 heavy (non-hydrogen) atoms. The van der Waals surface area contributed by atoms with E-state index in [1.54, 1.807) is 4.57 Å². The van der Waals surface area contributed by atoms with Crippen molar-refractivity contribution >= 4 is 25.6 Å². The highest BCUT2D eigenvalue weighted by Gasteiger charge is 2.27. The van der Waals surface area contributed by atoms with Gasteiger partial charge in [0, 0.05) is 29.0 Å². The molecular formula is C14H21ClN2O3S. The van der Waals surface area contributed by atoms with E-state index in [9.17, 15) is 13.2 Å². The molecule has 0 saturated heterocycles. The molecule has 1 N–H and O–H groups in total. The summed E-state index contributed by atoms with van der Waals surface area (Å²) in [6, 6.07) is 1.66. The van der Waals surface area contributed by atoms with E-state index in [0.717, 1.165) is 32.1 Å². The van der Waals surface area contributed by atoms with Crippen molar-refractivity contribution in [2.45, 2.75) is 62.9 Å². The quantitative estimate of drug-likeness (QED) is 0.814. The number of rotatable bonds is 6. The molecule has 1 saturated carbocycles. The zero-order valence-electron chi connectivity index (χ0n) is 12.3. The molecule has 118 valence electrons. The highest BCUT2D eigenvalue weighted by Crippen LogP contribution is 2.34. The lowest BCUT2D eigenvalue weighted by molar-refractivity contribution is 0.0919. The van der Waals surface area contributed by atoms with Crippen molar-refractivity contribution in [1.82, 2.24) is 9.88 Å². The molecular weight excluding hydrogens is 312 g/mol. The SMILES string of the molecule is CCC(CC)NC(=O)c1cc(S(=O)(=O)Cl)cn1C1CCC1. The van der Waals surface area contributed by atoms with Gasteiger partial charge in [-0.05, 0) is 38.2 Å². The largest absolute Gasteiger partial charge is 0.348 e. The van der Waals surface area contributed by atoms with Gasteiger partial charge in [0.25, 0.3) is 15.0 Å². The number of halogens is 1. The zero-order valence-corrected chi connectivity index (χ0v) is 13.9. The predicted molar refractivity (Wildman–Crippen MR) is 82.2 cm³/mol. The van der Waals surface area contributed by atoms with Gasteiger partial charge in [0.05, 0.1) is 0 Å². The third kappa shape index (κ3) is 3.61. The van der Waals surface area contributed by atoms with Crippen LogP contribution in [-0.2, 0) is 9.05 Å². The van der Waals surface area contributed by atoms with Gasteiger partial charge in [0.2, 0.25) is 0 Å². The average Bonchev–Trinajstić information content (AvgIpc) is 2.78.